The maximum absolute atomic E-state index is 12.0. The first-order chi connectivity index (χ1) is 8.22. The first-order valence-electron chi connectivity index (χ1n) is 6.02. The molecule has 18 heavy (non-hydrogen) atoms. The first-order valence-corrected chi connectivity index (χ1v) is 6.81. The molecule has 4 nitrogen and oxygen atoms in total. The zero-order valence-electron chi connectivity index (χ0n) is 9.82. The van der Waals surface area contributed by atoms with Gasteiger partial charge in [-0.15, -0.1) is 12.4 Å². The van der Waals surface area contributed by atoms with Crippen LogP contribution in [-0.2, 0) is 0 Å². The Labute approximate surface area is 120 Å². The maximum Gasteiger partial charge on any atom is 0.288 e. The van der Waals surface area contributed by atoms with Gasteiger partial charge in [0.1, 0.15) is 0 Å². The zero-order chi connectivity index (χ0) is 11.8. The summed E-state index contributed by atoms with van der Waals surface area (Å²) in [6.07, 6.45) is 6.05. The summed E-state index contributed by atoms with van der Waals surface area (Å²) < 4.78 is 5.88. The number of carbonyl (C=O) groups excluding carboxylic acids is 1. The fourth-order valence-electron chi connectivity index (χ4n) is 2.88. The molecule has 2 bridgehead atoms. The summed E-state index contributed by atoms with van der Waals surface area (Å²) in [6.45, 7) is 0. The Morgan fingerprint density at radius 3 is 2.61 bits per heavy atom. The average molecular weight is 336 g/mol. The highest BCUT2D eigenvalue weighted by Gasteiger charge is 2.34. The van der Waals surface area contributed by atoms with Crippen LogP contribution < -0.4 is 10.6 Å². The summed E-state index contributed by atoms with van der Waals surface area (Å²) in [4.78, 5) is 12.0. The minimum absolute atomic E-state index is 0. The molecule has 0 radical (unpaired) electrons. The van der Waals surface area contributed by atoms with Crippen molar-refractivity contribution in [3.63, 3.8) is 0 Å². The van der Waals surface area contributed by atoms with Crippen LogP contribution >= 0.6 is 28.3 Å². The van der Waals surface area contributed by atoms with Gasteiger partial charge in [0.05, 0.1) is 10.7 Å². The SMILES string of the molecule is Cl.O=C(NC1CC2CCC(C1)N2)c1occc1Br. The summed E-state index contributed by atoms with van der Waals surface area (Å²) in [7, 11) is 0. The standard InChI is InChI=1S/C12H15BrN2O2.ClH/c13-10-3-4-17-11(10)12(16)15-9-5-7-1-2-8(6-9)14-7;/h3-4,7-9,14H,1-2,5-6H2,(H,15,16);1H. The van der Waals surface area contributed by atoms with Crippen molar-refractivity contribution < 1.29 is 9.21 Å². The smallest absolute Gasteiger partial charge is 0.288 e. The van der Waals surface area contributed by atoms with Crippen molar-refractivity contribution >= 4 is 34.2 Å². The fourth-order valence-corrected chi connectivity index (χ4v) is 3.26. The monoisotopic (exact) mass is 334 g/mol. The van der Waals surface area contributed by atoms with Gasteiger partial charge in [-0.2, -0.15) is 0 Å². The molecule has 100 valence electrons. The highest BCUT2D eigenvalue weighted by atomic mass is 79.9. The lowest BCUT2D eigenvalue weighted by molar-refractivity contribution is 0.0894. The average Bonchev–Trinajstić information content (AvgIpc) is 2.85. The molecule has 1 amide bonds. The minimum Gasteiger partial charge on any atom is -0.458 e. The van der Waals surface area contributed by atoms with Crippen LogP contribution in [0.3, 0.4) is 0 Å². The second kappa shape index (κ2) is 5.63. The second-order valence-corrected chi connectivity index (χ2v) is 5.73. The second-order valence-electron chi connectivity index (χ2n) is 4.88. The van der Waals surface area contributed by atoms with Crippen molar-refractivity contribution in [3.8, 4) is 0 Å². The molecule has 0 spiro atoms. The largest absolute Gasteiger partial charge is 0.458 e. The van der Waals surface area contributed by atoms with E-state index in [4.69, 9.17) is 4.42 Å². The predicted molar refractivity (Wildman–Crippen MR) is 74.1 cm³/mol. The summed E-state index contributed by atoms with van der Waals surface area (Å²) in [6, 6.07) is 3.18. The van der Waals surface area contributed by atoms with E-state index in [1.807, 2.05) is 0 Å². The molecule has 1 aromatic rings. The molecule has 2 unspecified atom stereocenters. The summed E-state index contributed by atoms with van der Waals surface area (Å²) in [5.41, 5.74) is 0. The third-order valence-corrected chi connectivity index (χ3v) is 4.26. The van der Waals surface area contributed by atoms with Crippen LogP contribution in [0.5, 0.6) is 0 Å². The number of hydrogen-bond acceptors (Lipinski definition) is 3. The molecule has 3 heterocycles. The molecule has 2 aliphatic heterocycles. The van der Waals surface area contributed by atoms with E-state index in [2.05, 4.69) is 26.6 Å². The molecule has 2 atom stereocenters. The number of fused-ring (bicyclic) bond motifs is 2. The molecule has 2 N–H and O–H groups in total. The van der Waals surface area contributed by atoms with Crippen LogP contribution in [0.2, 0.25) is 0 Å². The molecule has 1 aromatic heterocycles. The van der Waals surface area contributed by atoms with Crippen molar-refractivity contribution in [1.82, 2.24) is 10.6 Å². The Bertz CT molecular complexity index is 425. The van der Waals surface area contributed by atoms with E-state index in [1.54, 1.807) is 6.07 Å². The Kier molecular flexibility index (Phi) is 4.35. The van der Waals surface area contributed by atoms with Crippen molar-refractivity contribution in [2.45, 2.75) is 43.8 Å². The van der Waals surface area contributed by atoms with Crippen molar-refractivity contribution in [2.75, 3.05) is 0 Å². The molecule has 3 rings (SSSR count). The van der Waals surface area contributed by atoms with Crippen molar-refractivity contribution in [2.24, 2.45) is 0 Å². The van der Waals surface area contributed by atoms with E-state index < -0.39 is 0 Å². The van der Waals surface area contributed by atoms with Crippen LogP contribution in [0, 0.1) is 0 Å². The number of hydrogen-bond donors (Lipinski definition) is 2. The molecule has 2 saturated heterocycles. The van der Waals surface area contributed by atoms with Gasteiger partial charge in [-0.1, -0.05) is 0 Å². The van der Waals surface area contributed by atoms with Gasteiger partial charge in [0.25, 0.3) is 5.91 Å². The third-order valence-electron chi connectivity index (χ3n) is 3.63. The number of nitrogens with one attached hydrogen (secondary N) is 2. The van der Waals surface area contributed by atoms with E-state index >= 15 is 0 Å². The predicted octanol–water partition coefficient (Wildman–Crippen LogP) is 2.48. The molecular weight excluding hydrogens is 320 g/mol. The van der Waals surface area contributed by atoms with Crippen molar-refractivity contribution in [1.29, 1.82) is 0 Å². The van der Waals surface area contributed by atoms with Gasteiger partial charge < -0.3 is 15.1 Å². The van der Waals surface area contributed by atoms with Crippen LogP contribution in [0.4, 0.5) is 0 Å². The van der Waals surface area contributed by atoms with E-state index in [9.17, 15) is 4.79 Å². The number of carbonyl (C=O) groups is 1. The van der Waals surface area contributed by atoms with E-state index in [0.717, 1.165) is 12.8 Å². The van der Waals surface area contributed by atoms with Crippen LogP contribution in [-0.4, -0.2) is 24.0 Å². The lowest BCUT2D eigenvalue weighted by Gasteiger charge is -2.29. The summed E-state index contributed by atoms with van der Waals surface area (Å²) in [5, 5.41) is 6.62. The van der Waals surface area contributed by atoms with Gasteiger partial charge >= 0.3 is 0 Å². The molecule has 0 saturated carbocycles. The number of amides is 1. The highest BCUT2D eigenvalue weighted by molar-refractivity contribution is 9.10. The third kappa shape index (κ3) is 2.73. The lowest BCUT2D eigenvalue weighted by Crippen LogP contribution is -2.48. The molecule has 0 aliphatic carbocycles. The quantitative estimate of drug-likeness (QED) is 0.873. The minimum atomic E-state index is -0.117. The molecular formula is C12H16BrClN2O2. The Hall–Kier alpha value is -0.520. The normalized spacial score (nSPS) is 29.7. The topological polar surface area (TPSA) is 54.3 Å². The Balaban J connectivity index is 0.00000120. The fraction of sp³-hybridized carbons (Fsp3) is 0.583. The zero-order valence-corrected chi connectivity index (χ0v) is 12.2. The summed E-state index contributed by atoms with van der Waals surface area (Å²) >= 11 is 3.30. The van der Waals surface area contributed by atoms with Gasteiger partial charge in [0.15, 0.2) is 0 Å². The number of piperidine rings is 1. The number of rotatable bonds is 2. The first kappa shape index (κ1) is 13.9. The molecule has 6 heteroatoms. The van der Waals surface area contributed by atoms with Crippen LogP contribution in [0.25, 0.3) is 0 Å². The molecule has 0 aromatic carbocycles. The van der Waals surface area contributed by atoms with Gasteiger partial charge in [-0.3, -0.25) is 4.79 Å². The van der Waals surface area contributed by atoms with E-state index in [-0.39, 0.29) is 24.4 Å². The Morgan fingerprint density at radius 1 is 1.39 bits per heavy atom. The lowest BCUT2D eigenvalue weighted by atomic mass is 10.00. The molecule has 2 fully saturated rings. The maximum atomic E-state index is 12.0. The van der Waals surface area contributed by atoms with E-state index in [1.165, 1.54) is 19.1 Å². The van der Waals surface area contributed by atoms with Gasteiger partial charge in [-0.05, 0) is 47.7 Å². The van der Waals surface area contributed by atoms with E-state index in [0.29, 0.717) is 22.3 Å². The van der Waals surface area contributed by atoms with Crippen molar-refractivity contribution in [3.05, 3.63) is 22.6 Å². The van der Waals surface area contributed by atoms with Gasteiger partial charge in [-0.25, -0.2) is 0 Å². The highest BCUT2D eigenvalue weighted by Crippen LogP contribution is 2.27. The van der Waals surface area contributed by atoms with Gasteiger partial charge in [0, 0.05) is 18.1 Å². The van der Waals surface area contributed by atoms with Gasteiger partial charge in [0.2, 0.25) is 5.76 Å². The molecule has 2 aliphatic rings. The number of furan rings is 1. The van der Waals surface area contributed by atoms with Crippen LogP contribution in [0.1, 0.15) is 36.2 Å². The number of halogens is 2. The summed E-state index contributed by atoms with van der Waals surface area (Å²) in [5.74, 6) is 0.254. The van der Waals surface area contributed by atoms with Crippen LogP contribution in [0.15, 0.2) is 21.2 Å². The Morgan fingerprint density at radius 2 is 2.06 bits per heavy atom.